The Bertz CT molecular complexity index is 882. The molecule has 0 aromatic heterocycles. The Kier molecular flexibility index (Phi) is 3.75. The van der Waals surface area contributed by atoms with E-state index in [0.29, 0.717) is 24.2 Å². The van der Waals surface area contributed by atoms with Crippen molar-refractivity contribution in [3.05, 3.63) is 59.2 Å². The zero-order valence-corrected chi connectivity index (χ0v) is 13.4. The largest absolute Gasteiger partial charge is 0.326 e. The van der Waals surface area contributed by atoms with E-state index < -0.39 is 11.6 Å². The van der Waals surface area contributed by atoms with Gasteiger partial charge < -0.3 is 10.2 Å². The summed E-state index contributed by atoms with van der Waals surface area (Å²) in [5.74, 6) is -2.30. The van der Waals surface area contributed by atoms with E-state index in [-0.39, 0.29) is 24.2 Å². The predicted molar refractivity (Wildman–Crippen MR) is 89.5 cm³/mol. The number of halogens is 2. The fourth-order valence-corrected chi connectivity index (χ4v) is 3.57. The molecule has 2 heterocycles. The minimum Gasteiger partial charge on any atom is -0.326 e. The summed E-state index contributed by atoms with van der Waals surface area (Å²) in [7, 11) is 0. The molecule has 1 saturated heterocycles. The molecule has 2 aliphatic rings. The molecule has 6 heteroatoms. The number of carbonyl (C=O) groups excluding carboxylic acids is 2. The van der Waals surface area contributed by atoms with Crippen LogP contribution >= 0.6 is 0 Å². The van der Waals surface area contributed by atoms with Gasteiger partial charge in [-0.2, -0.15) is 0 Å². The molecular weight excluding hydrogens is 326 g/mol. The van der Waals surface area contributed by atoms with Crippen molar-refractivity contribution in [3.63, 3.8) is 0 Å². The van der Waals surface area contributed by atoms with Crippen LogP contribution in [0.2, 0.25) is 0 Å². The molecular formula is C19H16F2N2O2. The number of rotatable bonds is 2. The number of hydrogen-bond acceptors (Lipinski definition) is 2. The zero-order chi connectivity index (χ0) is 17.6. The molecule has 4 rings (SSSR count). The Morgan fingerprint density at radius 3 is 2.60 bits per heavy atom. The second-order valence-corrected chi connectivity index (χ2v) is 6.40. The van der Waals surface area contributed by atoms with Gasteiger partial charge in [0.15, 0.2) is 11.6 Å². The molecule has 25 heavy (non-hydrogen) atoms. The van der Waals surface area contributed by atoms with Crippen LogP contribution in [0.25, 0.3) is 0 Å². The molecule has 1 atom stereocenters. The van der Waals surface area contributed by atoms with Crippen LogP contribution in [0.4, 0.5) is 20.2 Å². The number of anilines is 2. The van der Waals surface area contributed by atoms with E-state index in [1.54, 1.807) is 11.0 Å². The van der Waals surface area contributed by atoms with E-state index in [1.165, 1.54) is 6.07 Å². The molecule has 0 radical (unpaired) electrons. The van der Waals surface area contributed by atoms with Crippen molar-refractivity contribution in [2.75, 3.05) is 16.8 Å². The highest BCUT2D eigenvalue weighted by Gasteiger charge is 2.29. The number of carbonyl (C=O) groups is 2. The fraction of sp³-hybridized carbons (Fsp3) is 0.263. The maximum atomic E-state index is 13.6. The Hall–Kier alpha value is -2.76. The first-order chi connectivity index (χ1) is 12.0. The predicted octanol–water partition coefficient (Wildman–Crippen LogP) is 3.57. The Morgan fingerprint density at radius 1 is 1.04 bits per heavy atom. The summed E-state index contributed by atoms with van der Waals surface area (Å²) < 4.78 is 26.8. The second kappa shape index (κ2) is 5.95. The molecule has 2 aromatic carbocycles. The van der Waals surface area contributed by atoms with Gasteiger partial charge in [-0.25, -0.2) is 8.78 Å². The molecule has 4 nitrogen and oxygen atoms in total. The third kappa shape index (κ3) is 2.77. The highest BCUT2D eigenvalue weighted by Crippen LogP contribution is 2.39. The third-order valence-electron chi connectivity index (χ3n) is 4.81. The minimum atomic E-state index is -0.927. The molecule has 2 aliphatic heterocycles. The van der Waals surface area contributed by atoms with E-state index in [0.717, 1.165) is 29.8 Å². The van der Waals surface area contributed by atoms with Gasteiger partial charge in [-0.3, -0.25) is 9.59 Å². The van der Waals surface area contributed by atoms with Crippen molar-refractivity contribution in [3.8, 4) is 0 Å². The Morgan fingerprint density at radius 2 is 1.88 bits per heavy atom. The van der Waals surface area contributed by atoms with Crippen LogP contribution in [-0.4, -0.2) is 18.4 Å². The van der Waals surface area contributed by atoms with Crippen LogP contribution in [0.1, 0.15) is 36.3 Å². The monoisotopic (exact) mass is 342 g/mol. The van der Waals surface area contributed by atoms with Gasteiger partial charge in [0, 0.05) is 36.7 Å². The number of nitrogens with one attached hydrogen (secondary N) is 1. The highest BCUT2D eigenvalue weighted by atomic mass is 19.2. The van der Waals surface area contributed by atoms with Crippen molar-refractivity contribution >= 4 is 23.2 Å². The average molecular weight is 342 g/mol. The summed E-state index contributed by atoms with van der Waals surface area (Å²) >= 11 is 0. The summed E-state index contributed by atoms with van der Waals surface area (Å²) in [6.07, 6.45) is 1.51. The van der Waals surface area contributed by atoms with Crippen molar-refractivity contribution in [2.45, 2.75) is 25.2 Å². The lowest BCUT2D eigenvalue weighted by Crippen LogP contribution is -2.26. The SMILES string of the molecule is O=C1CC(c2ccc(F)c(F)c2)c2ccc(N3CCCC3=O)cc2N1. The molecule has 0 bridgehead atoms. The van der Waals surface area contributed by atoms with Crippen LogP contribution in [0.15, 0.2) is 36.4 Å². The van der Waals surface area contributed by atoms with Crippen molar-refractivity contribution in [1.82, 2.24) is 0 Å². The van der Waals surface area contributed by atoms with Crippen molar-refractivity contribution in [2.24, 2.45) is 0 Å². The molecule has 0 saturated carbocycles. The van der Waals surface area contributed by atoms with Gasteiger partial charge in [0.1, 0.15) is 0 Å². The number of nitrogens with zero attached hydrogens (tertiary/aromatic N) is 1. The fourth-order valence-electron chi connectivity index (χ4n) is 3.57. The van der Waals surface area contributed by atoms with Crippen LogP contribution in [-0.2, 0) is 9.59 Å². The van der Waals surface area contributed by atoms with E-state index in [1.807, 2.05) is 12.1 Å². The first kappa shape index (κ1) is 15.7. The number of amides is 2. The van der Waals surface area contributed by atoms with E-state index in [2.05, 4.69) is 5.32 Å². The summed E-state index contributed by atoms with van der Waals surface area (Å²) in [6.45, 7) is 0.665. The van der Waals surface area contributed by atoms with Gasteiger partial charge in [-0.15, -0.1) is 0 Å². The normalized spacial score (nSPS) is 19.8. The Balaban J connectivity index is 1.74. The van der Waals surface area contributed by atoms with Gasteiger partial charge in [-0.05, 0) is 41.8 Å². The minimum absolute atomic E-state index is 0.0687. The zero-order valence-electron chi connectivity index (χ0n) is 13.4. The lowest BCUT2D eigenvalue weighted by molar-refractivity contribution is -0.117. The lowest BCUT2D eigenvalue weighted by atomic mass is 9.84. The topological polar surface area (TPSA) is 49.4 Å². The van der Waals surface area contributed by atoms with Crippen LogP contribution < -0.4 is 10.2 Å². The smallest absolute Gasteiger partial charge is 0.227 e. The molecule has 1 N–H and O–H groups in total. The molecule has 1 fully saturated rings. The van der Waals surface area contributed by atoms with Gasteiger partial charge >= 0.3 is 0 Å². The van der Waals surface area contributed by atoms with Gasteiger partial charge in [0.05, 0.1) is 0 Å². The second-order valence-electron chi connectivity index (χ2n) is 6.40. The summed E-state index contributed by atoms with van der Waals surface area (Å²) in [6, 6.07) is 9.19. The molecule has 128 valence electrons. The molecule has 2 amide bonds. The van der Waals surface area contributed by atoms with Crippen LogP contribution in [0, 0.1) is 11.6 Å². The number of benzene rings is 2. The lowest BCUT2D eigenvalue weighted by Gasteiger charge is -2.28. The van der Waals surface area contributed by atoms with Gasteiger partial charge in [0.2, 0.25) is 11.8 Å². The summed E-state index contributed by atoms with van der Waals surface area (Å²) in [5.41, 5.74) is 2.75. The van der Waals surface area contributed by atoms with E-state index in [4.69, 9.17) is 0 Å². The number of hydrogen-bond donors (Lipinski definition) is 1. The summed E-state index contributed by atoms with van der Waals surface area (Å²) in [5, 5.41) is 2.82. The first-order valence-corrected chi connectivity index (χ1v) is 8.22. The molecule has 0 aliphatic carbocycles. The highest BCUT2D eigenvalue weighted by molar-refractivity contribution is 5.99. The maximum absolute atomic E-state index is 13.6. The van der Waals surface area contributed by atoms with Crippen molar-refractivity contribution < 1.29 is 18.4 Å². The van der Waals surface area contributed by atoms with E-state index >= 15 is 0 Å². The molecule has 2 aromatic rings. The summed E-state index contributed by atoms with van der Waals surface area (Å²) in [4.78, 5) is 25.7. The molecule has 0 spiro atoms. The third-order valence-corrected chi connectivity index (χ3v) is 4.81. The standard InChI is InChI=1S/C19H16F2N2O2/c20-15-6-3-11(8-16(15)21)14-10-18(24)22-17-9-12(4-5-13(14)17)23-7-1-2-19(23)25/h3-6,8-9,14H,1-2,7,10H2,(H,22,24). The quantitative estimate of drug-likeness (QED) is 0.907. The first-order valence-electron chi connectivity index (χ1n) is 8.22. The van der Waals surface area contributed by atoms with Crippen LogP contribution in [0.5, 0.6) is 0 Å². The van der Waals surface area contributed by atoms with Crippen molar-refractivity contribution in [1.29, 1.82) is 0 Å². The molecule has 1 unspecified atom stereocenters. The average Bonchev–Trinajstić information content (AvgIpc) is 3.02. The Labute approximate surface area is 143 Å². The maximum Gasteiger partial charge on any atom is 0.227 e. The van der Waals surface area contributed by atoms with E-state index in [9.17, 15) is 18.4 Å². The van der Waals surface area contributed by atoms with Crippen LogP contribution in [0.3, 0.4) is 0 Å². The van der Waals surface area contributed by atoms with Gasteiger partial charge in [0.25, 0.3) is 0 Å². The van der Waals surface area contributed by atoms with Gasteiger partial charge in [-0.1, -0.05) is 12.1 Å². The number of fused-ring (bicyclic) bond motifs is 1.